The zero-order valence-electron chi connectivity index (χ0n) is 9.79. The van der Waals surface area contributed by atoms with Gasteiger partial charge in [0.15, 0.2) is 5.82 Å². The molecule has 0 saturated carbocycles. The Bertz CT molecular complexity index is 450. The molecule has 1 aromatic heterocycles. The number of hydrogen-bond acceptors (Lipinski definition) is 5. The number of β-amino-alcohol motifs (C(OH)–C–C–N with tert-alkyl or cyclic N) is 1. The van der Waals surface area contributed by atoms with Crippen LogP contribution >= 0.6 is 0 Å². The zero-order chi connectivity index (χ0) is 12.6. The van der Waals surface area contributed by atoms with Gasteiger partial charge in [0.25, 0.3) is 0 Å². The Hall–Kier alpha value is -1.69. The largest absolute Gasteiger partial charge is 0.480 e. The predicted molar refractivity (Wildman–Crippen MR) is 60.9 cm³/mol. The molecule has 1 aliphatic rings. The second-order valence-corrected chi connectivity index (χ2v) is 4.32. The van der Waals surface area contributed by atoms with E-state index in [1.165, 1.54) is 0 Å². The van der Waals surface area contributed by atoms with E-state index in [1.807, 2.05) is 0 Å². The highest BCUT2D eigenvalue weighted by Crippen LogP contribution is 2.26. The van der Waals surface area contributed by atoms with Gasteiger partial charge in [-0.15, -0.1) is 0 Å². The van der Waals surface area contributed by atoms with E-state index in [4.69, 9.17) is 5.11 Å². The van der Waals surface area contributed by atoms with Crippen molar-refractivity contribution in [1.82, 2.24) is 9.97 Å². The SMILES string of the molecule is Cc1cnc(C)c(N2CC(O)CC2C(=O)O)n1. The third kappa shape index (κ3) is 2.21. The summed E-state index contributed by atoms with van der Waals surface area (Å²) in [5.41, 5.74) is 1.41. The fraction of sp³-hybridized carbons (Fsp3) is 0.545. The fourth-order valence-electron chi connectivity index (χ4n) is 2.08. The minimum absolute atomic E-state index is 0.227. The van der Waals surface area contributed by atoms with Crippen molar-refractivity contribution in [2.75, 3.05) is 11.4 Å². The monoisotopic (exact) mass is 237 g/mol. The quantitative estimate of drug-likeness (QED) is 0.759. The van der Waals surface area contributed by atoms with E-state index < -0.39 is 18.1 Å². The highest BCUT2D eigenvalue weighted by Gasteiger charge is 2.37. The van der Waals surface area contributed by atoms with Crippen LogP contribution in [0.1, 0.15) is 17.8 Å². The lowest BCUT2D eigenvalue weighted by Crippen LogP contribution is -2.37. The van der Waals surface area contributed by atoms with E-state index in [0.717, 1.165) is 5.69 Å². The van der Waals surface area contributed by atoms with E-state index in [1.54, 1.807) is 24.9 Å². The van der Waals surface area contributed by atoms with Crippen LogP contribution in [-0.4, -0.2) is 44.8 Å². The number of carboxylic acids is 1. The molecule has 2 unspecified atom stereocenters. The van der Waals surface area contributed by atoms with Crippen molar-refractivity contribution in [2.24, 2.45) is 0 Å². The van der Waals surface area contributed by atoms with Crippen LogP contribution in [0.2, 0.25) is 0 Å². The van der Waals surface area contributed by atoms with Crippen LogP contribution in [0.3, 0.4) is 0 Å². The number of carboxylic acid groups (broad SMARTS) is 1. The van der Waals surface area contributed by atoms with Crippen molar-refractivity contribution in [1.29, 1.82) is 0 Å². The molecule has 2 N–H and O–H groups in total. The highest BCUT2D eigenvalue weighted by molar-refractivity contribution is 5.79. The summed E-state index contributed by atoms with van der Waals surface area (Å²) in [5, 5.41) is 18.7. The Morgan fingerprint density at radius 1 is 1.53 bits per heavy atom. The summed E-state index contributed by atoms with van der Waals surface area (Å²) in [6.07, 6.45) is 1.24. The van der Waals surface area contributed by atoms with Crippen LogP contribution in [0.25, 0.3) is 0 Å². The number of rotatable bonds is 2. The summed E-state index contributed by atoms with van der Waals surface area (Å²) in [6, 6.07) is -0.722. The first-order valence-electron chi connectivity index (χ1n) is 5.47. The molecular weight excluding hydrogens is 222 g/mol. The van der Waals surface area contributed by atoms with Crippen LogP contribution in [0, 0.1) is 13.8 Å². The van der Waals surface area contributed by atoms with Gasteiger partial charge in [-0.25, -0.2) is 9.78 Å². The first-order chi connectivity index (χ1) is 7.99. The summed E-state index contributed by atoms with van der Waals surface area (Å²) in [7, 11) is 0. The van der Waals surface area contributed by atoms with Crippen LogP contribution in [0.15, 0.2) is 6.20 Å². The molecule has 0 spiro atoms. The summed E-state index contributed by atoms with van der Waals surface area (Å²) >= 11 is 0. The Morgan fingerprint density at radius 2 is 2.24 bits per heavy atom. The number of aromatic nitrogens is 2. The van der Waals surface area contributed by atoms with E-state index in [2.05, 4.69) is 9.97 Å². The minimum Gasteiger partial charge on any atom is -0.480 e. The second kappa shape index (κ2) is 4.29. The molecule has 1 fully saturated rings. The molecule has 0 aliphatic carbocycles. The summed E-state index contributed by atoms with van der Waals surface area (Å²) in [4.78, 5) is 21.2. The number of aryl methyl sites for hydroxylation is 2. The van der Waals surface area contributed by atoms with Gasteiger partial charge in [0, 0.05) is 19.2 Å². The number of hydrogen-bond donors (Lipinski definition) is 2. The molecule has 2 rings (SSSR count). The van der Waals surface area contributed by atoms with Crippen LogP contribution in [-0.2, 0) is 4.79 Å². The summed E-state index contributed by atoms with van der Waals surface area (Å²) < 4.78 is 0. The van der Waals surface area contributed by atoms with E-state index in [-0.39, 0.29) is 13.0 Å². The molecule has 0 radical (unpaired) electrons. The van der Waals surface area contributed by atoms with Crippen LogP contribution < -0.4 is 4.90 Å². The van der Waals surface area contributed by atoms with Crippen molar-refractivity contribution in [3.05, 3.63) is 17.6 Å². The van der Waals surface area contributed by atoms with Crippen molar-refractivity contribution >= 4 is 11.8 Å². The van der Waals surface area contributed by atoms with E-state index in [0.29, 0.717) is 11.5 Å². The van der Waals surface area contributed by atoms with Crippen molar-refractivity contribution < 1.29 is 15.0 Å². The first kappa shape index (κ1) is 11.8. The predicted octanol–water partition coefficient (Wildman–Crippen LogP) is 0.118. The molecule has 0 amide bonds. The highest BCUT2D eigenvalue weighted by atomic mass is 16.4. The molecule has 92 valence electrons. The van der Waals surface area contributed by atoms with Gasteiger partial charge >= 0.3 is 5.97 Å². The molecule has 2 atom stereocenters. The molecule has 2 heterocycles. The van der Waals surface area contributed by atoms with Gasteiger partial charge in [-0.1, -0.05) is 0 Å². The maximum atomic E-state index is 11.1. The van der Waals surface area contributed by atoms with E-state index >= 15 is 0 Å². The number of nitrogens with zero attached hydrogens (tertiary/aromatic N) is 3. The zero-order valence-corrected chi connectivity index (χ0v) is 9.79. The second-order valence-electron chi connectivity index (χ2n) is 4.32. The first-order valence-corrected chi connectivity index (χ1v) is 5.47. The fourth-order valence-corrected chi connectivity index (χ4v) is 2.08. The normalized spacial score (nSPS) is 24.1. The lowest BCUT2D eigenvalue weighted by molar-refractivity contribution is -0.138. The summed E-state index contributed by atoms with van der Waals surface area (Å²) in [6.45, 7) is 3.87. The maximum Gasteiger partial charge on any atom is 0.326 e. The minimum atomic E-state index is -0.941. The third-order valence-corrected chi connectivity index (χ3v) is 2.89. The van der Waals surface area contributed by atoms with Gasteiger partial charge in [-0.05, 0) is 13.8 Å². The van der Waals surface area contributed by atoms with Gasteiger partial charge in [-0.3, -0.25) is 4.98 Å². The van der Waals surface area contributed by atoms with Crippen molar-refractivity contribution in [3.63, 3.8) is 0 Å². The molecular formula is C11H15N3O3. The number of carbonyl (C=O) groups is 1. The van der Waals surface area contributed by atoms with Crippen molar-refractivity contribution in [3.8, 4) is 0 Å². The molecule has 17 heavy (non-hydrogen) atoms. The van der Waals surface area contributed by atoms with Gasteiger partial charge in [0.1, 0.15) is 6.04 Å². The Balaban J connectivity index is 2.37. The van der Waals surface area contributed by atoms with Gasteiger partial charge < -0.3 is 15.1 Å². The molecule has 1 saturated heterocycles. The van der Waals surface area contributed by atoms with Crippen LogP contribution in [0.5, 0.6) is 0 Å². The molecule has 0 aromatic carbocycles. The molecule has 1 aliphatic heterocycles. The Labute approximate surface area is 98.9 Å². The Kier molecular flexibility index (Phi) is 2.97. The Morgan fingerprint density at radius 3 is 2.88 bits per heavy atom. The molecule has 0 bridgehead atoms. The lowest BCUT2D eigenvalue weighted by atomic mass is 10.2. The number of aliphatic hydroxyl groups is 1. The third-order valence-electron chi connectivity index (χ3n) is 2.89. The van der Waals surface area contributed by atoms with Gasteiger partial charge in [0.2, 0.25) is 0 Å². The standard InChI is InChI=1S/C11H15N3O3/c1-6-4-12-7(2)10(13-6)14-5-8(15)3-9(14)11(16)17/h4,8-9,15H,3,5H2,1-2H3,(H,16,17). The van der Waals surface area contributed by atoms with E-state index in [9.17, 15) is 9.90 Å². The number of anilines is 1. The average molecular weight is 237 g/mol. The van der Waals surface area contributed by atoms with Crippen LogP contribution in [0.4, 0.5) is 5.82 Å². The van der Waals surface area contributed by atoms with Gasteiger partial charge in [-0.2, -0.15) is 0 Å². The van der Waals surface area contributed by atoms with Crippen molar-refractivity contribution in [2.45, 2.75) is 32.4 Å². The number of aliphatic hydroxyl groups excluding tert-OH is 1. The molecule has 6 nitrogen and oxygen atoms in total. The average Bonchev–Trinajstić information content (AvgIpc) is 2.64. The smallest absolute Gasteiger partial charge is 0.326 e. The lowest BCUT2D eigenvalue weighted by Gasteiger charge is -2.23. The maximum absolute atomic E-state index is 11.1. The molecule has 6 heteroatoms. The topological polar surface area (TPSA) is 86.5 Å². The summed E-state index contributed by atoms with van der Waals surface area (Å²) in [5.74, 6) is -0.391. The van der Waals surface area contributed by atoms with Gasteiger partial charge in [0.05, 0.1) is 17.5 Å². The number of aliphatic carboxylic acids is 1. The molecule has 1 aromatic rings.